The van der Waals surface area contributed by atoms with Crippen molar-refractivity contribution in [2.45, 2.75) is 422 Å². The number of rotatable bonds is 0. The smallest absolute Gasteiger partial charge is 0.146 e. The third kappa shape index (κ3) is 316. The third-order valence-electron chi connectivity index (χ3n) is 10.1. The molecule has 0 aromatic heterocycles. The van der Waals surface area contributed by atoms with Gasteiger partial charge in [0.05, 0.1) is 65.0 Å². The fourth-order valence-corrected chi connectivity index (χ4v) is 10.8. The van der Waals surface area contributed by atoms with Gasteiger partial charge in [-0.3, -0.25) is 9.98 Å². The second-order valence-electron chi connectivity index (χ2n) is 16.4. The van der Waals surface area contributed by atoms with Crippen LogP contribution in [0.1, 0.15) is 422 Å². The van der Waals surface area contributed by atoms with Gasteiger partial charge in [-0.2, -0.15) is 47.0 Å². The van der Waals surface area contributed by atoms with Crippen LogP contribution in [0.4, 0.5) is 0 Å². The molecule has 12 aliphatic heterocycles. The van der Waals surface area contributed by atoms with Crippen molar-refractivity contribution in [2.24, 2.45) is 9.98 Å². The van der Waals surface area contributed by atoms with E-state index in [0.29, 0.717) is 6.79 Å². The molecule has 0 amide bonds. The lowest BCUT2D eigenvalue weighted by Gasteiger charge is -2.11. The highest BCUT2D eigenvalue weighted by molar-refractivity contribution is 8.16. The molecule has 10 saturated heterocycles. The molecule has 117 heavy (non-hydrogen) atoms. The minimum Gasteiger partial charge on any atom is -0.381 e. The Morgan fingerprint density at radius 2 is 0.530 bits per heavy atom. The molecule has 746 valence electrons. The molecule has 0 bridgehead atoms. The lowest BCUT2D eigenvalue weighted by molar-refractivity contribution is -0.0963. The first-order valence-electron chi connectivity index (χ1n) is 50.7. The normalized spacial score (nSPS) is 15.1. The molecule has 6 N–H and O–H groups in total. The van der Waals surface area contributed by atoms with Crippen LogP contribution >= 0.6 is 58.8 Å². The number of nitrogens with one attached hydrogen (secondary N) is 6. The van der Waals surface area contributed by atoms with Crippen molar-refractivity contribution in [1.29, 1.82) is 0 Å². The van der Waals surface area contributed by atoms with Gasteiger partial charge in [-0.05, 0) is 119 Å². The van der Waals surface area contributed by atoms with Gasteiger partial charge in [0, 0.05) is 108 Å². The Labute approximate surface area is 772 Å². The minimum atomic E-state index is 0.500. The van der Waals surface area contributed by atoms with Crippen molar-refractivity contribution in [1.82, 2.24) is 32.1 Å². The number of aliphatic imine (C=N–C) groups is 2. The summed E-state index contributed by atoms with van der Waals surface area (Å²) in [5.41, 5.74) is 4.62. The summed E-state index contributed by atoms with van der Waals surface area (Å²) >= 11 is 10.0. The van der Waals surface area contributed by atoms with Crippen LogP contribution in [0.25, 0.3) is 0 Å². The van der Waals surface area contributed by atoms with Gasteiger partial charge in [-0.25, -0.2) is 5.48 Å². The lowest BCUT2D eigenvalue weighted by atomic mass is 10.2. The Bertz CT molecular complexity index is 684. The molecule has 12 rings (SSSR count). The van der Waals surface area contributed by atoms with Crippen molar-refractivity contribution in [3.63, 3.8) is 0 Å². The molecular formula is C97H246N8O7S5. The molecule has 0 aliphatic carbocycles. The molecule has 12 heterocycles. The van der Waals surface area contributed by atoms with Crippen molar-refractivity contribution in [3.05, 3.63) is 0 Å². The van der Waals surface area contributed by atoms with E-state index in [1.54, 1.807) is 11.8 Å². The van der Waals surface area contributed by atoms with Crippen LogP contribution in [0.5, 0.6) is 0 Å². The fourth-order valence-electron chi connectivity index (χ4n) is 6.21. The number of ether oxygens (including phenoxy) is 6. The number of piperazine rings is 1. The van der Waals surface area contributed by atoms with E-state index >= 15 is 0 Å². The predicted molar refractivity (Wildman–Crippen MR) is 579 cm³/mol. The monoisotopic (exact) mass is 1800 g/mol. The molecule has 0 aromatic carbocycles. The molecule has 0 aromatic rings. The summed E-state index contributed by atoms with van der Waals surface area (Å²) in [6.07, 6.45) is 20.7. The van der Waals surface area contributed by atoms with Gasteiger partial charge < -0.3 is 59.8 Å². The van der Waals surface area contributed by atoms with E-state index in [0.717, 1.165) is 138 Å². The maximum absolute atomic E-state index is 5.07. The summed E-state index contributed by atoms with van der Waals surface area (Å²) in [5.74, 6) is 9.43. The van der Waals surface area contributed by atoms with E-state index in [-0.39, 0.29) is 0 Å². The van der Waals surface area contributed by atoms with Crippen LogP contribution < -0.4 is 32.1 Å². The topological polar surface area (TPSA) is 162 Å². The second kappa shape index (κ2) is 322. The molecule has 10 fully saturated rings. The number of hydroxylamine groups is 1. The zero-order valence-corrected chi connectivity index (χ0v) is 95.3. The zero-order valence-electron chi connectivity index (χ0n) is 91.2. The highest BCUT2D eigenvalue weighted by atomic mass is 32.2. The highest BCUT2D eigenvalue weighted by Gasteiger charge is 2.00. The van der Waals surface area contributed by atoms with Gasteiger partial charge in [-0.1, -0.05) is 345 Å². The van der Waals surface area contributed by atoms with Crippen LogP contribution in [0.15, 0.2) is 9.98 Å². The van der Waals surface area contributed by atoms with Gasteiger partial charge in [0.1, 0.15) is 6.79 Å². The SMILES string of the molecule is C1=NCCC1.C1=NCCS1.C1CCNCC1.C1CCOCC1.C1CCSCC1.C1CNCCN1.C1CNOC1.C1COCCN1.C1COCCO1.C1COCOC1.C1CSCCN1.C1CSCSC1.CC.CC.CC.CC.CC.CC.CC.CC.CC.CC.CC.CC.CC.CC.CC.CC.CC.CC.CC.CC.CC.CC.CC.CC. The summed E-state index contributed by atoms with van der Waals surface area (Å²) in [6, 6.07) is 0. The summed E-state index contributed by atoms with van der Waals surface area (Å²) in [6.45, 7) is 121. The van der Waals surface area contributed by atoms with E-state index in [9.17, 15) is 0 Å². The minimum absolute atomic E-state index is 0.500. The average molecular weight is 1800 g/mol. The van der Waals surface area contributed by atoms with E-state index in [4.69, 9.17) is 33.3 Å². The first kappa shape index (κ1) is 182. The Hall–Kier alpha value is 0.570. The van der Waals surface area contributed by atoms with Gasteiger partial charge >= 0.3 is 0 Å². The number of morpholine rings is 1. The number of piperidine rings is 1. The van der Waals surface area contributed by atoms with E-state index < -0.39 is 0 Å². The maximum atomic E-state index is 5.07. The van der Waals surface area contributed by atoms with Gasteiger partial charge in [0.15, 0.2) is 0 Å². The van der Waals surface area contributed by atoms with Crippen molar-refractivity contribution in [3.8, 4) is 0 Å². The lowest BCUT2D eigenvalue weighted by Crippen LogP contribution is -2.39. The molecule has 0 unspecified atom stereocenters. The Morgan fingerprint density at radius 3 is 0.632 bits per heavy atom. The van der Waals surface area contributed by atoms with E-state index in [1.807, 2.05) is 356 Å². The van der Waals surface area contributed by atoms with Crippen molar-refractivity contribution < 1.29 is 33.3 Å². The van der Waals surface area contributed by atoms with Crippen LogP contribution in [-0.2, 0) is 33.3 Å². The first-order valence-corrected chi connectivity index (χ1v) is 56.4. The first-order chi connectivity index (χ1) is 58.5. The summed E-state index contributed by atoms with van der Waals surface area (Å²) in [4.78, 5) is 12.6. The molecule has 0 spiro atoms. The molecule has 0 atom stereocenters. The molecule has 12 aliphatic rings. The fraction of sp³-hybridized carbons (Fsp3) is 0.979. The number of hydrogen-bond donors (Lipinski definition) is 6. The molecule has 0 radical (unpaired) electrons. The maximum Gasteiger partial charge on any atom is 0.146 e. The average Bonchev–Trinajstić information content (AvgIpc) is 2.79. The quantitative estimate of drug-likeness (QED) is 0.136. The van der Waals surface area contributed by atoms with Crippen molar-refractivity contribution in [2.75, 3.05) is 210 Å². The second-order valence-corrected chi connectivity index (χ2v) is 22.4. The van der Waals surface area contributed by atoms with Crippen molar-refractivity contribution >= 4 is 70.6 Å². The third-order valence-corrected chi connectivity index (χ3v) is 15.5. The van der Waals surface area contributed by atoms with Gasteiger partial charge in [-0.15, -0.1) is 11.8 Å². The summed E-state index contributed by atoms with van der Waals surface area (Å²) < 4.78 is 29.7. The Balaban J connectivity index is -0.0000000350. The molecular weight excluding hydrogens is 1550 g/mol. The number of hydrogen-bond acceptors (Lipinski definition) is 20. The van der Waals surface area contributed by atoms with Crippen LogP contribution in [-0.4, -0.2) is 222 Å². The summed E-state index contributed by atoms with van der Waals surface area (Å²) in [5, 5.41) is 17.5. The zero-order chi connectivity index (χ0) is 96.8. The standard InChI is InChI=1S/C5H11N.C5H10O.C5H10S.C4H10N2.C4H9NO.C4H9NS.C4H7N.2C4H8O2.C4H8S2.C3H7NO.C3H5NS.24C2H6/c3*1-2-4-6-5-3-1;1-2-6-4-3-5-1;2*1-3-6-4-2-5-1;1-2-4-5-3-1;1-2-6-4-3-5-1;2*1-2-5-4-6-3-1;1-2-4-5-3-1;1-2-5-3-4-1;24*1-2/h6H,1-5H2;2*1-5H2;5-6H,1-4H2;2*5H,1-4H2;3H,1-2,4H2;3*1-4H2;4H,1-3H2;3H,1-2H2;24*1-2H3. The van der Waals surface area contributed by atoms with E-state index in [2.05, 4.69) is 77.3 Å². The molecule has 20 heteroatoms. The Morgan fingerprint density at radius 1 is 0.214 bits per heavy atom. The molecule has 0 saturated carbocycles. The van der Waals surface area contributed by atoms with Crippen LogP contribution in [0.3, 0.4) is 0 Å². The van der Waals surface area contributed by atoms with Crippen LogP contribution in [0, 0.1) is 0 Å². The number of nitrogens with zero attached hydrogens (tertiary/aromatic N) is 2. The van der Waals surface area contributed by atoms with E-state index in [1.165, 1.54) is 155 Å². The Kier molecular flexibility index (Phi) is 502. The summed E-state index contributed by atoms with van der Waals surface area (Å²) in [7, 11) is 0. The van der Waals surface area contributed by atoms with Crippen LogP contribution in [0.2, 0.25) is 0 Å². The largest absolute Gasteiger partial charge is 0.381 e. The number of thioether (sulfide) groups is 5. The molecule has 15 nitrogen and oxygen atoms in total. The van der Waals surface area contributed by atoms with Gasteiger partial charge in [0.2, 0.25) is 0 Å². The highest BCUT2D eigenvalue weighted by Crippen LogP contribution is 2.20. The van der Waals surface area contributed by atoms with Gasteiger partial charge in [0.25, 0.3) is 0 Å². The predicted octanol–water partition coefficient (Wildman–Crippen LogP) is 31.3.